The molecule has 26 heavy (non-hydrogen) atoms. The van der Waals surface area contributed by atoms with Crippen LogP contribution in [0.25, 0.3) is 0 Å². The minimum atomic E-state index is -0.311. The summed E-state index contributed by atoms with van der Waals surface area (Å²) in [6.07, 6.45) is 1.48. The average Bonchev–Trinajstić information content (AvgIpc) is 2.97. The van der Waals surface area contributed by atoms with Gasteiger partial charge in [-0.2, -0.15) is 0 Å². The van der Waals surface area contributed by atoms with Crippen molar-refractivity contribution >= 4 is 11.8 Å². The Morgan fingerprint density at radius 1 is 0.692 bits per heavy atom. The molecule has 0 aromatic heterocycles. The number of nitrogens with one attached hydrogen (secondary N) is 1. The van der Waals surface area contributed by atoms with E-state index in [0.717, 1.165) is 29.0 Å². The first-order chi connectivity index (χ1) is 12.7. The number of hydrogen-bond acceptors (Lipinski definition) is 3. The van der Waals surface area contributed by atoms with Crippen LogP contribution in [-0.2, 0) is 12.8 Å². The lowest BCUT2D eigenvalue weighted by molar-refractivity contribution is 0.0879. The molecule has 0 unspecified atom stereocenters. The molecule has 3 aromatic carbocycles. The Morgan fingerprint density at radius 3 is 2.19 bits per heavy atom. The summed E-state index contributed by atoms with van der Waals surface area (Å²) < 4.78 is 5.79. The quantitative estimate of drug-likeness (QED) is 0.708. The molecule has 0 saturated carbocycles. The lowest BCUT2D eigenvalue weighted by atomic mass is 9.97. The largest absolute Gasteiger partial charge is 0.457 e. The molecule has 0 aliphatic carbocycles. The van der Waals surface area contributed by atoms with E-state index in [1.165, 1.54) is 0 Å². The van der Waals surface area contributed by atoms with Gasteiger partial charge in [0, 0.05) is 0 Å². The van der Waals surface area contributed by atoms with Crippen LogP contribution in [0.2, 0.25) is 0 Å². The predicted molar refractivity (Wildman–Crippen MR) is 98.6 cm³/mol. The van der Waals surface area contributed by atoms with E-state index in [1.807, 2.05) is 66.7 Å². The number of fused-ring (bicyclic) bond motifs is 1. The van der Waals surface area contributed by atoms with Gasteiger partial charge in [0.25, 0.3) is 11.8 Å². The van der Waals surface area contributed by atoms with Crippen LogP contribution in [0.3, 0.4) is 0 Å². The zero-order valence-electron chi connectivity index (χ0n) is 14.1. The first-order valence-corrected chi connectivity index (χ1v) is 8.50. The molecule has 0 atom stereocenters. The maximum absolute atomic E-state index is 12.0. The van der Waals surface area contributed by atoms with Crippen molar-refractivity contribution in [2.24, 2.45) is 0 Å². The van der Waals surface area contributed by atoms with Crippen molar-refractivity contribution in [2.75, 3.05) is 0 Å². The Hall–Kier alpha value is -3.40. The van der Waals surface area contributed by atoms with E-state index in [2.05, 4.69) is 5.32 Å². The highest BCUT2D eigenvalue weighted by Crippen LogP contribution is 2.24. The lowest BCUT2D eigenvalue weighted by Gasteiger charge is -2.08. The fourth-order valence-corrected chi connectivity index (χ4v) is 3.13. The number of carbonyl (C=O) groups is 2. The second-order valence-corrected chi connectivity index (χ2v) is 6.18. The molecule has 0 fully saturated rings. The molecule has 0 saturated heterocycles. The van der Waals surface area contributed by atoms with Crippen LogP contribution in [-0.4, -0.2) is 11.8 Å². The highest BCUT2D eigenvalue weighted by molar-refractivity contribution is 6.22. The van der Waals surface area contributed by atoms with Gasteiger partial charge in [-0.05, 0) is 54.3 Å². The van der Waals surface area contributed by atoms with Crippen LogP contribution in [0.5, 0.6) is 11.5 Å². The van der Waals surface area contributed by atoms with E-state index in [9.17, 15) is 9.59 Å². The number of benzene rings is 3. The number of imide groups is 1. The third-order valence-corrected chi connectivity index (χ3v) is 4.43. The van der Waals surface area contributed by atoms with Gasteiger partial charge < -0.3 is 4.74 Å². The van der Waals surface area contributed by atoms with Crippen molar-refractivity contribution in [2.45, 2.75) is 12.8 Å². The number of amides is 2. The molecule has 3 aromatic rings. The molecule has 1 heterocycles. The Balaban J connectivity index is 1.45. The van der Waals surface area contributed by atoms with Crippen molar-refractivity contribution in [3.8, 4) is 11.5 Å². The van der Waals surface area contributed by atoms with E-state index in [1.54, 1.807) is 6.07 Å². The summed E-state index contributed by atoms with van der Waals surface area (Å²) in [6, 6.07) is 23.0. The molecule has 1 N–H and O–H groups in total. The van der Waals surface area contributed by atoms with Crippen LogP contribution < -0.4 is 10.1 Å². The number of aryl methyl sites for hydroxylation is 2. The maximum Gasteiger partial charge on any atom is 0.259 e. The molecule has 1 aliphatic rings. The fourth-order valence-electron chi connectivity index (χ4n) is 3.13. The molecule has 0 spiro atoms. The van der Waals surface area contributed by atoms with Crippen molar-refractivity contribution in [1.82, 2.24) is 5.32 Å². The molecule has 128 valence electrons. The molecular weight excluding hydrogens is 326 g/mol. The summed E-state index contributed by atoms with van der Waals surface area (Å²) in [6.45, 7) is 0. The smallest absolute Gasteiger partial charge is 0.259 e. The number of carbonyl (C=O) groups excluding carboxylic acids is 2. The summed E-state index contributed by atoms with van der Waals surface area (Å²) in [5.74, 6) is 0.975. The highest BCUT2D eigenvalue weighted by Gasteiger charge is 2.28. The van der Waals surface area contributed by atoms with Gasteiger partial charge in [-0.3, -0.25) is 14.9 Å². The summed E-state index contributed by atoms with van der Waals surface area (Å²) in [4.78, 5) is 23.7. The van der Waals surface area contributed by atoms with Gasteiger partial charge in [-0.1, -0.05) is 42.5 Å². The monoisotopic (exact) mass is 343 g/mol. The molecule has 0 bridgehead atoms. The maximum atomic E-state index is 12.0. The van der Waals surface area contributed by atoms with Crippen molar-refractivity contribution in [3.63, 3.8) is 0 Å². The number of para-hydroxylation sites is 1. The minimum absolute atomic E-state index is 0.299. The molecule has 4 nitrogen and oxygen atoms in total. The Kier molecular flexibility index (Phi) is 4.23. The first-order valence-electron chi connectivity index (χ1n) is 8.50. The second kappa shape index (κ2) is 6.84. The summed E-state index contributed by atoms with van der Waals surface area (Å²) >= 11 is 0. The van der Waals surface area contributed by atoms with Gasteiger partial charge >= 0.3 is 0 Å². The van der Waals surface area contributed by atoms with Crippen molar-refractivity contribution in [1.29, 1.82) is 0 Å². The third kappa shape index (κ3) is 3.22. The summed E-state index contributed by atoms with van der Waals surface area (Å²) in [7, 11) is 0. The Morgan fingerprint density at radius 2 is 1.42 bits per heavy atom. The van der Waals surface area contributed by atoms with Crippen LogP contribution in [0.4, 0.5) is 0 Å². The SMILES string of the molecule is O=C1NC(=O)c2c(CCc3ccc(Oc4ccccc4)cc3)cccc21. The number of rotatable bonds is 5. The molecule has 0 radical (unpaired) electrons. The van der Waals surface area contributed by atoms with E-state index in [4.69, 9.17) is 4.74 Å². The van der Waals surface area contributed by atoms with Gasteiger partial charge in [0.15, 0.2) is 0 Å². The van der Waals surface area contributed by atoms with Gasteiger partial charge in [0.05, 0.1) is 11.1 Å². The number of hydrogen-bond donors (Lipinski definition) is 1. The highest BCUT2D eigenvalue weighted by atomic mass is 16.5. The topological polar surface area (TPSA) is 55.4 Å². The van der Waals surface area contributed by atoms with Crippen LogP contribution >= 0.6 is 0 Å². The summed E-state index contributed by atoms with van der Waals surface area (Å²) in [5, 5.41) is 2.36. The molecule has 1 aliphatic heterocycles. The van der Waals surface area contributed by atoms with Gasteiger partial charge in [0.1, 0.15) is 11.5 Å². The summed E-state index contributed by atoms with van der Waals surface area (Å²) in [5.41, 5.74) is 3.03. The van der Waals surface area contributed by atoms with Crippen molar-refractivity contribution in [3.05, 3.63) is 95.1 Å². The predicted octanol–water partition coefficient (Wildman–Crippen LogP) is 4.15. The Labute approximate surface area is 151 Å². The van der Waals surface area contributed by atoms with Crippen LogP contribution in [0, 0.1) is 0 Å². The fraction of sp³-hybridized carbons (Fsp3) is 0.0909. The van der Waals surface area contributed by atoms with Gasteiger partial charge in [0.2, 0.25) is 0 Å². The normalized spacial score (nSPS) is 12.6. The zero-order chi connectivity index (χ0) is 17.9. The van der Waals surface area contributed by atoms with Gasteiger partial charge in [-0.15, -0.1) is 0 Å². The minimum Gasteiger partial charge on any atom is -0.457 e. The lowest BCUT2D eigenvalue weighted by Crippen LogP contribution is -2.20. The molecule has 4 rings (SSSR count). The standard InChI is InChI=1S/C22H17NO3/c24-21-19-8-4-5-16(20(19)22(25)23-21)12-9-15-10-13-18(14-11-15)26-17-6-2-1-3-7-17/h1-8,10-11,13-14H,9,12H2,(H,23,24,25). The van der Waals surface area contributed by atoms with Crippen LogP contribution in [0.1, 0.15) is 31.8 Å². The van der Waals surface area contributed by atoms with Gasteiger partial charge in [-0.25, -0.2) is 0 Å². The second-order valence-electron chi connectivity index (χ2n) is 6.18. The van der Waals surface area contributed by atoms with Crippen molar-refractivity contribution < 1.29 is 14.3 Å². The van der Waals surface area contributed by atoms with Crippen LogP contribution in [0.15, 0.2) is 72.8 Å². The average molecular weight is 343 g/mol. The molecular formula is C22H17NO3. The van der Waals surface area contributed by atoms with E-state index in [0.29, 0.717) is 17.5 Å². The first kappa shape index (κ1) is 16.1. The van der Waals surface area contributed by atoms with E-state index < -0.39 is 0 Å². The zero-order valence-corrected chi connectivity index (χ0v) is 14.1. The molecule has 4 heteroatoms. The molecule has 2 amide bonds. The Bertz CT molecular complexity index is 962. The van der Waals surface area contributed by atoms with E-state index in [-0.39, 0.29) is 11.8 Å². The third-order valence-electron chi connectivity index (χ3n) is 4.43. The van der Waals surface area contributed by atoms with E-state index >= 15 is 0 Å². The number of ether oxygens (including phenoxy) is 1.